The molecule has 0 radical (unpaired) electrons. The van der Waals surface area contributed by atoms with Crippen LogP contribution in [-0.4, -0.2) is 24.7 Å². The van der Waals surface area contributed by atoms with Gasteiger partial charge in [0.2, 0.25) is 5.82 Å². The van der Waals surface area contributed by atoms with E-state index in [1.807, 2.05) is 6.07 Å². The predicted octanol–water partition coefficient (Wildman–Crippen LogP) is 4.32. The van der Waals surface area contributed by atoms with Crippen LogP contribution in [0, 0.1) is 0 Å². The van der Waals surface area contributed by atoms with Gasteiger partial charge in [-0.25, -0.2) is 27.1 Å². The number of aromatic nitrogens is 5. The van der Waals surface area contributed by atoms with Crippen molar-refractivity contribution in [1.29, 1.82) is 0 Å². The van der Waals surface area contributed by atoms with Gasteiger partial charge in [0.1, 0.15) is 11.4 Å². The zero-order chi connectivity index (χ0) is 18.3. The largest absolute Gasteiger partial charge is 0.332 e. The van der Waals surface area contributed by atoms with E-state index < -0.39 is 24.2 Å². The fourth-order valence-corrected chi connectivity index (χ4v) is 2.42. The third-order valence-corrected chi connectivity index (χ3v) is 3.60. The van der Waals surface area contributed by atoms with E-state index in [1.54, 1.807) is 24.3 Å². The second-order valence-corrected chi connectivity index (χ2v) is 5.30. The highest BCUT2D eigenvalue weighted by Crippen LogP contribution is 2.28. The molecular formula is C16H9F4N5O. The molecule has 26 heavy (non-hydrogen) atoms. The van der Waals surface area contributed by atoms with Crippen LogP contribution in [0.5, 0.6) is 0 Å². The summed E-state index contributed by atoms with van der Waals surface area (Å²) in [7, 11) is 0. The number of hydrogen-bond acceptors (Lipinski definition) is 5. The summed E-state index contributed by atoms with van der Waals surface area (Å²) >= 11 is 0. The van der Waals surface area contributed by atoms with Crippen molar-refractivity contribution in [3.05, 3.63) is 53.9 Å². The molecular weight excluding hydrogens is 354 g/mol. The maximum absolute atomic E-state index is 13.2. The Morgan fingerprint density at radius 1 is 0.923 bits per heavy atom. The van der Waals surface area contributed by atoms with E-state index in [2.05, 4.69) is 20.2 Å². The second-order valence-electron chi connectivity index (χ2n) is 5.30. The van der Waals surface area contributed by atoms with Crippen molar-refractivity contribution in [3.63, 3.8) is 0 Å². The molecule has 0 aliphatic rings. The molecule has 0 aliphatic carbocycles. The van der Waals surface area contributed by atoms with Gasteiger partial charge in [0.15, 0.2) is 11.3 Å². The van der Waals surface area contributed by atoms with E-state index in [0.717, 1.165) is 4.52 Å². The van der Waals surface area contributed by atoms with Gasteiger partial charge in [-0.15, -0.1) is 0 Å². The SMILES string of the molecule is FC(F)c1cc(C(F)F)n2nc(-c3nc(-c4ccccc4)no3)cc2n1. The van der Waals surface area contributed by atoms with Crippen LogP contribution in [0.3, 0.4) is 0 Å². The zero-order valence-corrected chi connectivity index (χ0v) is 12.9. The standard InChI is InChI=1S/C16H9F4N5O/c17-13(18)9-6-11(14(19)20)25-12(21-9)7-10(23-25)16-22-15(24-26-16)8-4-2-1-3-5-8/h1-7,13-14H. The van der Waals surface area contributed by atoms with Crippen LogP contribution in [0.2, 0.25) is 0 Å². The summed E-state index contributed by atoms with van der Waals surface area (Å²) in [6.45, 7) is 0. The summed E-state index contributed by atoms with van der Waals surface area (Å²) in [6.07, 6.45) is -5.99. The Bertz CT molecular complexity index is 1060. The molecule has 1 aromatic carbocycles. The first-order valence-electron chi connectivity index (χ1n) is 7.39. The summed E-state index contributed by atoms with van der Waals surface area (Å²) in [5.74, 6) is 0.251. The van der Waals surface area contributed by atoms with Gasteiger partial charge in [0.05, 0.1) is 0 Å². The van der Waals surface area contributed by atoms with Crippen molar-refractivity contribution in [2.45, 2.75) is 12.9 Å². The van der Waals surface area contributed by atoms with E-state index in [0.29, 0.717) is 11.6 Å². The monoisotopic (exact) mass is 363 g/mol. The fourth-order valence-electron chi connectivity index (χ4n) is 2.42. The number of benzene rings is 1. The average molecular weight is 363 g/mol. The van der Waals surface area contributed by atoms with E-state index in [1.165, 1.54) is 6.07 Å². The van der Waals surface area contributed by atoms with Crippen LogP contribution >= 0.6 is 0 Å². The Morgan fingerprint density at radius 2 is 1.69 bits per heavy atom. The number of halogens is 4. The van der Waals surface area contributed by atoms with Gasteiger partial charge in [-0.05, 0) is 6.07 Å². The first-order chi connectivity index (χ1) is 12.5. The smallest absolute Gasteiger partial charge is 0.280 e. The summed E-state index contributed by atoms with van der Waals surface area (Å²) in [5.41, 5.74) is -0.861. The number of rotatable bonds is 4. The maximum atomic E-state index is 13.2. The molecule has 0 amide bonds. The molecule has 3 heterocycles. The quantitative estimate of drug-likeness (QED) is 0.505. The van der Waals surface area contributed by atoms with E-state index >= 15 is 0 Å². The third-order valence-electron chi connectivity index (χ3n) is 3.60. The topological polar surface area (TPSA) is 69.1 Å². The third kappa shape index (κ3) is 2.79. The van der Waals surface area contributed by atoms with E-state index in [4.69, 9.17) is 4.52 Å². The minimum absolute atomic E-state index is 0.0341. The van der Waals surface area contributed by atoms with Crippen molar-refractivity contribution < 1.29 is 22.1 Å². The highest BCUT2D eigenvalue weighted by atomic mass is 19.3. The molecule has 0 saturated carbocycles. The van der Waals surface area contributed by atoms with Gasteiger partial charge in [-0.2, -0.15) is 10.1 Å². The summed E-state index contributed by atoms with van der Waals surface area (Å²) < 4.78 is 58.1. The Hall–Kier alpha value is -3.30. The van der Waals surface area contributed by atoms with Gasteiger partial charge in [-0.1, -0.05) is 35.5 Å². The molecule has 0 atom stereocenters. The maximum Gasteiger partial charge on any atom is 0.280 e. The van der Waals surface area contributed by atoms with Gasteiger partial charge in [0, 0.05) is 11.6 Å². The van der Waals surface area contributed by atoms with Crippen molar-refractivity contribution in [2.24, 2.45) is 0 Å². The first kappa shape index (κ1) is 16.2. The Labute approximate surface area is 143 Å². The number of hydrogen-bond donors (Lipinski definition) is 0. The van der Waals surface area contributed by atoms with Crippen LogP contribution in [0.4, 0.5) is 17.6 Å². The molecule has 10 heteroatoms. The van der Waals surface area contributed by atoms with Gasteiger partial charge in [0.25, 0.3) is 18.7 Å². The number of fused-ring (bicyclic) bond motifs is 1. The average Bonchev–Trinajstić information content (AvgIpc) is 3.28. The normalized spacial score (nSPS) is 11.8. The highest BCUT2D eigenvalue weighted by molar-refractivity contribution is 5.60. The van der Waals surface area contributed by atoms with Crippen LogP contribution in [0.25, 0.3) is 28.6 Å². The molecule has 0 unspecified atom stereocenters. The van der Waals surface area contributed by atoms with Crippen LogP contribution in [0.1, 0.15) is 24.2 Å². The molecule has 0 fully saturated rings. The molecule has 0 N–H and O–H groups in total. The van der Waals surface area contributed by atoms with E-state index in [-0.39, 0.29) is 23.1 Å². The molecule has 0 saturated heterocycles. The van der Waals surface area contributed by atoms with Gasteiger partial charge >= 0.3 is 0 Å². The summed E-state index contributed by atoms with van der Waals surface area (Å²) in [4.78, 5) is 7.82. The molecule has 6 nitrogen and oxygen atoms in total. The van der Waals surface area contributed by atoms with Gasteiger partial charge < -0.3 is 4.52 Å². The molecule has 0 bridgehead atoms. The molecule has 132 valence electrons. The van der Waals surface area contributed by atoms with Gasteiger partial charge in [-0.3, -0.25) is 0 Å². The molecule has 0 aliphatic heterocycles. The first-order valence-corrected chi connectivity index (χ1v) is 7.39. The lowest BCUT2D eigenvalue weighted by molar-refractivity contribution is 0.135. The molecule has 4 aromatic rings. The Balaban J connectivity index is 1.81. The zero-order valence-electron chi connectivity index (χ0n) is 12.9. The van der Waals surface area contributed by atoms with E-state index in [9.17, 15) is 17.6 Å². The lowest BCUT2D eigenvalue weighted by atomic mass is 10.2. The second kappa shape index (κ2) is 6.21. The summed E-state index contributed by atoms with van der Waals surface area (Å²) in [5, 5.41) is 7.76. The Kier molecular flexibility index (Phi) is 3.86. The highest BCUT2D eigenvalue weighted by Gasteiger charge is 2.22. The van der Waals surface area contributed by atoms with Crippen LogP contribution in [0.15, 0.2) is 47.0 Å². The molecule has 4 rings (SSSR count). The van der Waals surface area contributed by atoms with Crippen molar-refractivity contribution in [3.8, 4) is 23.0 Å². The van der Waals surface area contributed by atoms with Crippen LogP contribution in [-0.2, 0) is 0 Å². The molecule has 3 aromatic heterocycles. The predicted molar refractivity (Wildman–Crippen MR) is 81.6 cm³/mol. The number of alkyl halides is 4. The van der Waals surface area contributed by atoms with Crippen LogP contribution < -0.4 is 0 Å². The minimum Gasteiger partial charge on any atom is -0.332 e. The lowest BCUT2D eigenvalue weighted by Crippen LogP contribution is -2.04. The summed E-state index contributed by atoms with van der Waals surface area (Å²) in [6, 6.07) is 10.8. The van der Waals surface area contributed by atoms with Crippen molar-refractivity contribution in [1.82, 2.24) is 24.7 Å². The molecule has 0 spiro atoms. The fraction of sp³-hybridized carbons (Fsp3) is 0.125. The minimum atomic E-state index is -3.01. The lowest BCUT2D eigenvalue weighted by Gasteiger charge is -2.06. The van der Waals surface area contributed by atoms with Crippen molar-refractivity contribution in [2.75, 3.05) is 0 Å². The Morgan fingerprint density at radius 3 is 2.38 bits per heavy atom. The number of nitrogens with zero attached hydrogens (tertiary/aromatic N) is 5. The van der Waals surface area contributed by atoms with Crippen molar-refractivity contribution >= 4 is 5.65 Å².